The highest BCUT2D eigenvalue weighted by Gasteiger charge is 2.25. The zero-order valence-corrected chi connectivity index (χ0v) is 19.4. The van der Waals surface area contributed by atoms with Gasteiger partial charge in [-0.15, -0.1) is 0 Å². The molecule has 2 aromatic carbocycles. The largest absolute Gasteiger partial charge is 0.443 e. The number of pyridine rings is 1. The van der Waals surface area contributed by atoms with Crippen molar-refractivity contribution in [3.05, 3.63) is 87.3 Å². The highest BCUT2D eigenvalue weighted by atomic mass is 35.5. The molecule has 0 saturated carbocycles. The van der Waals surface area contributed by atoms with Gasteiger partial charge in [-0.05, 0) is 50.6 Å². The van der Waals surface area contributed by atoms with Crippen molar-refractivity contribution in [3.8, 4) is 11.1 Å². The minimum absolute atomic E-state index is 0.197. The van der Waals surface area contributed by atoms with Crippen LogP contribution in [0.4, 0.5) is 10.5 Å². The van der Waals surface area contributed by atoms with E-state index in [1.54, 1.807) is 82.5 Å². The van der Waals surface area contributed by atoms with Crippen LogP contribution in [0.5, 0.6) is 0 Å². The number of carbonyl (C=O) groups excluding carboxylic acids is 2. The third-order valence-electron chi connectivity index (χ3n) is 4.80. The molecule has 0 aliphatic rings. The molecule has 6 nitrogen and oxygen atoms in total. The fraction of sp³-hybridized carbons (Fsp3) is 0.240. The number of aromatic nitrogens is 1. The second kappa shape index (κ2) is 9.01. The van der Waals surface area contributed by atoms with Crippen LogP contribution in [0.15, 0.2) is 65.6 Å². The smallest absolute Gasteiger partial charge is 0.414 e. The zero-order valence-electron chi connectivity index (χ0n) is 18.7. The Labute approximate surface area is 192 Å². The minimum Gasteiger partial charge on any atom is -0.443 e. The number of hydrogen-bond acceptors (Lipinski definition) is 4. The van der Waals surface area contributed by atoms with Crippen LogP contribution >= 0.6 is 11.6 Å². The second-order valence-electron chi connectivity index (χ2n) is 8.44. The van der Waals surface area contributed by atoms with Gasteiger partial charge < -0.3 is 9.30 Å². The highest BCUT2D eigenvalue weighted by Crippen LogP contribution is 2.33. The summed E-state index contributed by atoms with van der Waals surface area (Å²) in [4.78, 5) is 39.7. The summed E-state index contributed by atoms with van der Waals surface area (Å²) < 4.78 is 6.88. The molecule has 0 aliphatic heterocycles. The van der Waals surface area contributed by atoms with Crippen LogP contribution in [0.1, 0.15) is 36.7 Å². The Kier molecular flexibility index (Phi) is 6.55. The molecular formula is C25H25ClN2O4. The van der Waals surface area contributed by atoms with Gasteiger partial charge in [0.1, 0.15) is 5.60 Å². The summed E-state index contributed by atoms with van der Waals surface area (Å²) in [6, 6.07) is 15.1. The SMILES string of the molecule is CN(C(=O)OC(C)(C)C)c1cc(=O)n(C)cc1-c1ccccc1C(=O)c1ccc(Cl)cc1. The number of hydrogen-bond donors (Lipinski definition) is 0. The van der Waals surface area contributed by atoms with E-state index in [4.69, 9.17) is 16.3 Å². The van der Waals surface area contributed by atoms with Crippen molar-refractivity contribution < 1.29 is 14.3 Å². The van der Waals surface area contributed by atoms with Crippen molar-refractivity contribution in [1.29, 1.82) is 0 Å². The van der Waals surface area contributed by atoms with Gasteiger partial charge in [-0.2, -0.15) is 0 Å². The predicted molar refractivity (Wildman–Crippen MR) is 127 cm³/mol. The van der Waals surface area contributed by atoms with E-state index < -0.39 is 11.7 Å². The number of ketones is 1. The molecule has 0 N–H and O–H groups in total. The molecular weight excluding hydrogens is 428 g/mol. The van der Waals surface area contributed by atoms with E-state index in [9.17, 15) is 14.4 Å². The van der Waals surface area contributed by atoms with Crippen molar-refractivity contribution in [2.45, 2.75) is 26.4 Å². The van der Waals surface area contributed by atoms with Crippen molar-refractivity contribution in [3.63, 3.8) is 0 Å². The molecule has 7 heteroatoms. The van der Waals surface area contributed by atoms with E-state index in [2.05, 4.69) is 0 Å². The number of rotatable bonds is 4. The van der Waals surface area contributed by atoms with Gasteiger partial charge in [-0.1, -0.05) is 35.9 Å². The van der Waals surface area contributed by atoms with E-state index in [1.165, 1.54) is 22.6 Å². The molecule has 0 bridgehead atoms. The molecule has 0 atom stereocenters. The molecule has 32 heavy (non-hydrogen) atoms. The Bertz CT molecular complexity index is 1220. The molecule has 0 fully saturated rings. The van der Waals surface area contributed by atoms with Crippen molar-refractivity contribution in [2.24, 2.45) is 7.05 Å². The number of anilines is 1. The zero-order chi connectivity index (χ0) is 23.6. The molecule has 3 aromatic rings. The highest BCUT2D eigenvalue weighted by molar-refractivity contribution is 6.30. The lowest BCUT2D eigenvalue weighted by atomic mass is 9.93. The standard InChI is InChI=1S/C25H25ClN2O4/c1-25(2,3)32-24(31)28(5)21-14-22(29)27(4)15-20(21)18-8-6-7-9-19(18)23(30)16-10-12-17(26)13-11-16/h6-15H,1-5H3. The summed E-state index contributed by atoms with van der Waals surface area (Å²) in [6.07, 6.45) is 1.01. The van der Waals surface area contributed by atoms with Gasteiger partial charge in [0, 0.05) is 48.1 Å². The van der Waals surface area contributed by atoms with Crippen molar-refractivity contribution >= 4 is 29.2 Å². The first-order chi connectivity index (χ1) is 15.0. The topological polar surface area (TPSA) is 68.6 Å². The Morgan fingerprint density at radius 3 is 2.25 bits per heavy atom. The number of benzene rings is 2. The van der Waals surface area contributed by atoms with Crippen molar-refractivity contribution in [2.75, 3.05) is 11.9 Å². The fourth-order valence-corrected chi connectivity index (χ4v) is 3.33. The number of halogens is 1. The first kappa shape index (κ1) is 23.3. The number of nitrogens with zero attached hydrogens (tertiary/aromatic N) is 2. The van der Waals surface area contributed by atoms with Crippen LogP contribution < -0.4 is 10.5 Å². The maximum atomic E-state index is 13.3. The van der Waals surface area contributed by atoms with Crippen LogP contribution in [0, 0.1) is 0 Å². The monoisotopic (exact) mass is 452 g/mol. The van der Waals surface area contributed by atoms with Gasteiger partial charge in [-0.3, -0.25) is 14.5 Å². The Balaban J connectivity index is 2.16. The van der Waals surface area contributed by atoms with E-state index >= 15 is 0 Å². The lowest BCUT2D eigenvalue weighted by Gasteiger charge is -2.26. The molecule has 0 unspecified atom stereocenters. The van der Waals surface area contributed by atoms with Gasteiger partial charge in [0.2, 0.25) is 0 Å². The van der Waals surface area contributed by atoms with Crippen LogP contribution in [0.2, 0.25) is 5.02 Å². The van der Waals surface area contributed by atoms with Gasteiger partial charge in [0.25, 0.3) is 5.56 Å². The summed E-state index contributed by atoms with van der Waals surface area (Å²) in [5.74, 6) is -0.197. The van der Waals surface area contributed by atoms with Gasteiger partial charge >= 0.3 is 6.09 Å². The first-order valence-electron chi connectivity index (χ1n) is 10.0. The number of ether oxygens (including phenoxy) is 1. The quantitative estimate of drug-likeness (QED) is 0.503. The molecule has 1 aromatic heterocycles. The normalized spacial score (nSPS) is 11.2. The van der Waals surface area contributed by atoms with Crippen LogP contribution in [-0.2, 0) is 11.8 Å². The average Bonchev–Trinajstić information content (AvgIpc) is 2.73. The third kappa shape index (κ3) is 5.08. The summed E-state index contributed by atoms with van der Waals surface area (Å²) in [6.45, 7) is 5.30. The summed E-state index contributed by atoms with van der Waals surface area (Å²) in [5.41, 5.74) is 1.42. The van der Waals surface area contributed by atoms with Crippen LogP contribution in [0.25, 0.3) is 11.1 Å². The van der Waals surface area contributed by atoms with Crippen LogP contribution in [-0.4, -0.2) is 29.1 Å². The van der Waals surface area contributed by atoms with E-state index in [-0.39, 0.29) is 11.3 Å². The summed E-state index contributed by atoms with van der Waals surface area (Å²) in [7, 11) is 3.16. The fourth-order valence-electron chi connectivity index (χ4n) is 3.21. The molecule has 0 aliphatic carbocycles. The second-order valence-corrected chi connectivity index (χ2v) is 8.88. The molecule has 0 spiro atoms. The maximum Gasteiger partial charge on any atom is 0.414 e. The number of aryl methyl sites for hydroxylation is 1. The molecule has 3 rings (SSSR count). The van der Waals surface area contributed by atoms with Crippen LogP contribution in [0.3, 0.4) is 0 Å². The summed E-state index contributed by atoms with van der Waals surface area (Å²) >= 11 is 5.96. The Morgan fingerprint density at radius 1 is 1.00 bits per heavy atom. The van der Waals surface area contributed by atoms with Gasteiger partial charge in [0.15, 0.2) is 5.78 Å². The summed E-state index contributed by atoms with van der Waals surface area (Å²) in [5, 5.41) is 0.536. The molecule has 1 amide bonds. The maximum absolute atomic E-state index is 13.3. The van der Waals surface area contributed by atoms with E-state index in [0.717, 1.165) is 0 Å². The Hall–Kier alpha value is -3.38. The van der Waals surface area contributed by atoms with Crippen molar-refractivity contribution in [1.82, 2.24) is 4.57 Å². The minimum atomic E-state index is -0.701. The number of carbonyl (C=O) groups is 2. The number of amides is 1. The van der Waals surface area contributed by atoms with E-state index in [0.29, 0.717) is 33.0 Å². The van der Waals surface area contributed by atoms with Gasteiger partial charge in [-0.25, -0.2) is 4.79 Å². The predicted octanol–water partition coefficient (Wildman–Crippen LogP) is 5.31. The van der Waals surface area contributed by atoms with E-state index in [1.807, 2.05) is 0 Å². The average molecular weight is 453 g/mol. The molecule has 0 radical (unpaired) electrons. The lowest BCUT2D eigenvalue weighted by Crippen LogP contribution is -2.35. The molecule has 166 valence electrons. The molecule has 1 heterocycles. The van der Waals surface area contributed by atoms with Gasteiger partial charge in [0.05, 0.1) is 5.69 Å². The lowest BCUT2D eigenvalue weighted by molar-refractivity contribution is 0.0589. The molecule has 0 saturated heterocycles. The Morgan fingerprint density at radius 2 is 1.62 bits per heavy atom. The third-order valence-corrected chi connectivity index (χ3v) is 5.06. The first-order valence-corrected chi connectivity index (χ1v) is 10.4.